The van der Waals surface area contributed by atoms with E-state index in [1.807, 2.05) is 0 Å². The number of rotatable bonds is 6. The van der Waals surface area contributed by atoms with Crippen LogP contribution in [0.5, 0.6) is 0 Å². The van der Waals surface area contributed by atoms with Gasteiger partial charge < -0.3 is 15.1 Å². The molecule has 4 heteroatoms. The lowest BCUT2D eigenvalue weighted by Crippen LogP contribution is -3.29. The van der Waals surface area contributed by atoms with Crippen molar-refractivity contribution in [2.75, 3.05) is 26.2 Å². The van der Waals surface area contributed by atoms with E-state index in [-0.39, 0.29) is 11.9 Å². The maximum Gasteiger partial charge on any atom is 0.278 e. The zero-order valence-corrected chi connectivity index (χ0v) is 15.4. The van der Waals surface area contributed by atoms with Gasteiger partial charge in [0.25, 0.3) is 5.91 Å². The summed E-state index contributed by atoms with van der Waals surface area (Å²) in [6.07, 6.45) is 2.34. The van der Waals surface area contributed by atoms with Crippen molar-refractivity contribution in [1.82, 2.24) is 5.32 Å². The van der Waals surface area contributed by atoms with Crippen LogP contribution in [0.15, 0.2) is 24.3 Å². The van der Waals surface area contributed by atoms with Gasteiger partial charge in [0.1, 0.15) is 32.7 Å². The van der Waals surface area contributed by atoms with E-state index in [2.05, 4.69) is 50.4 Å². The zero-order valence-electron chi connectivity index (χ0n) is 15.4. The second-order valence-electron chi connectivity index (χ2n) is 7.99. The van der Waals surface area contributed by atoms with E-state index < -0.39 is 0 Å². The second kappa shape index (κ2) is 7.66. The van der Waals surface area contributed by atoms with Crippen molar-refractivity contribution in [2.24, 2.45) is 0 Å². The maximum absolute atomic E-state index is 12.2. The minimum absolute atomic E-state index is 0.0949. The Kier molecular flexibility index (Phi) is 5.57. The number of hydrogen-bond acceptors (Lipinski definition) is 1. The molecule has 1 atom stereocenters. The molecule has 0 spiro atoms. The molecule has 1 aliphatic heterocycles. The minimum Gasteiger partial charge on any atom is -0.348 e. The fourth-order valence-corrected chi connectivity index (χ4v) is 3.58. The van der Waals surface area contributed by atoms with Gasteiger partial charge in [-0.05, 0) is 31.2 Å². The maximum atomic E-state index is 12.2. The highest BCUT2D eigenvalue weighted by Gasteiger charge is 2.33. The molecule has 2 fully saturated rings. The van der Waals surface area contributed by atoms with Crippen LogP contribution in [0.3, 0.4) is 0 Å². The predicted molar refractivity (Wildman–Crippen MR) is 96.3 cm³/mol. The molecule has 3 N–H and O–H groups in total. The lowest BCUT2D eigenvalue weighted by molar-refractivity contribution is -1.02. The highest BCUT2D eigenvalue weighted by Crippen LogP contribution is 2.18. The SMILES string of the molecule is CC(C)c1ccc(C[NH+]2CC[NH+]([C@H](C)C(=O)NC3CC3)CC2)cc1. The van der Waals surface area contributed by atoms with Crippen LogP contribution < -0.4 is 15.1 Å². The van der Waals surface area contributed by atoms with E-state index in [1.54, 1.807) is 4.90 Å². The standard InChI is InChI=1S/C20H31N3O/c1-15(2)18-6-4-17(5-7-18)14-22-10-12-23(13-11-22)16(3)20(24)21-19-8-9-19/h4-7,15-16,19H,8-14H2,1-3H3,(H,21,24)/p+2/t16-/m1/s1. The van der Waals surface area contributed by atoms with E-state index in [0.717, 1.165) is 32.7 Å². The van der Waals surface area contributed by atoms with Gasteiger partial charge in [0, 0.05) is 11.6 Å². The van der Waals surface area contributed by atoms with Crippen molar-refractivity contribution in [2.45, 2.75) is 58.2 Å². The first kappa shape index (κ1) is 17.4. The summed E-state index contributed by atoms with van der Waals surface area (Å²) in [5.74, 6) is 0.849. The van der Waals surface area contributed by atoms with Crippen LogP contribution in [0.2, 0.25) is 0 Å². The summed E-state index contributed by atoms with van der Waals surface area (Å²) in [5, 5.41) is 3.15. The third-order valence-corrected chi connectivity index (χ3v) is 5.63. The number of benzene rings is 1. The van der Waals surface area contributed by atoms with Crippen molar-refractivity contribution >= 4 is 5.91 Å². The average molecular weight is 332 g/mol. The number of carbonyl (C=O) groups excluding carboxylic acids is 1. The van der Waals surface area contributed by atoms with Crippen molar-refractivity contribution < 1.29 is 14.6 Å². The fraction of sp³-hybridized carbons (Fsp3) is 0.650. The number of nitrogens with one attached hydrogen (secondary N) is 3. The molecule has 1 heterocycles. The third-order valence-electron chi connectivity index (χ3n) is 5.63. The van der Waals surface area contributed by atoms with E-state index in [0.29, 0.717) is 12.0 Å². The van der Waals surface area contributed by atoms with Gasteiger partial charge in [0.05, 0.1) is 0 Å². The van der Waals surface area contributed by atoms with Gasteiger partial charge in [-0.15, -0.1) is 0 Å². The molecule has 24 heavy (non-hydrogen) atoms. The summed E-state index contributed by atoms with van der Waals surface area (Å²) in [6, 6.07) is 9.68. The Morgan fingerprint density at radius 1 is 1.08 bits per heavy atom. The molecule has 0 aromatic heterocycles. The lowest BCUT2D eigenvalue weighted by atomic mass is 10.0. The van der Waals surface area contributed by atoms with Gasteiger partial charge in [0.2, 0.25) is 0 Å². The monoisotopic (exact) mass is 331 g/mol. The molecule has 2 aliphatic rings. The highest BCUT2D eigenvalue weighted by molar-refractivity contribution is 5.80. The number of piperazine rings is 1. The number of amides is 1. The quantitative estimate of drug-likeness (QED) is 0.661. The Hall–Kier alpha value is -1.39. The largest absolute Gasteiger partial charge is 0.348 e. The van der Waals surface area contributed by atoms with E-state index in [4.69, 9.17) is 0 Å². The first-order valence-corrected chi connectivity index (χ1v) is 9.60. The van der Waals surface area contributed by atoms with Crippen molar-refractivity contribution in [3.05, 3.63) is 35.4 Å². The topological polar surface area (TPSA) is 38.0 Å². The summed E-state index contributed by atoms with van der Waals surface area (Å²) in [4.78, 5) is 15.3. The molecule has 4 nitrogen and oxygen atoms in total. The summed E-state index contributed by atoms with van der Waals surface area (Å²) < 4.78 is 0. The molecular weight excluding hydrogens is 298 g/mol. The molecule has 0 bridgehead atoms. The number of carbonyl (C=O) groups is 1. The van der Waals surface area contributed by atoms with Crippen LogP contribution in [0.25, 0.3) is 0 Å². The third kappa shape index (κ3) is 4.58. The number of hydrogen-bond donors (Lipinski definition) is 3. The summed E-state index contributed by atoms with van der Waals surface area (Å²) in [7, 11) is 0. The van der Waals surface area contributed by atoms with E-state index in [1.165, 1.54) is 28.9 Å². The Balaban J connectivity index is 1.45. The Morgan fingerprint density at radius 2 is 1.71 bits per heavy atom. The Labute approximate surface area is 146 Å². The second-order valence-corrected chi connectivity index (χ2v) is 7.99. The van der Waals surface area contributed by atoms with Crippen LogP contribution in [0.4, 0.5) is 0 Å². The van der Waals surface area contributed by atoms with Crippen LogP contribution in [0.1, 0.15) is 50.7 Å². The molecule has 132 valence electrons. The molecule has 1 saturated heterocycles. The molecule has 0 unspecified atom stereocenters. The molecular formula is C20H33N3O+2. The van der Waals surface area contributed by atoms with Crippen molar-refractivity contribution in [3.8, 4) is 0 Å². The molecule has 1 aliphatic carbocycles. The number of quaternary nitrogens is 2. The van der Waals surface area contributed by atoms with Gasteiger partial charge in [-0.3, -0.25) is 4.79 Å². The first-order valence-electron chi connectivity index (χ1n) is 9.60. The summed E-state index contributed by atoms with van der Waals surface area (Å²) in [5.41, 5.74) is 2.84. The average Bonchev–Trinajstić information content (AvgIpc) is 3.39. The lowest BCUT2D eigenvalue weighted by Gasteiger charge is -2.32. The molecule has 1 amide bonds. The van der Waals surface area contributed by atoms with Gasteiger partial charge in [0.15, 0.2) is 6.04 Å². The van der Waals surface area contributed by atoms with Crippen LogP contribution >= 0.6 is 0 Å². The molecule has 0 radical (unpaired) electrons. The fourth-order valence-electron chi connectivity index (χ4n) is 3.58. The van der Waals surface area contributed by atoms with Crippen LogP contribution in [-0.2, 0) is 11.3 Å². The van der Waals surface area contributed by atoms with Crippen LogP contribution in [-0.4, -0.2) is 44.2 Å². The van der Waals surface area contributed by atoms with E-state index >= 15 is 0 Å². The molecule has 1 saturated carbocycles. The molecule has 3 rings (SSSR count). The predicted octanol–water partition coefficient (Wildman–Crippen LogP) is -0.239. The molecule has 1 aromatic rings. The molecule has 1 aromatic carbocycles. The first-order chi connectivity index (χ1) is 11.5. The van der Waals surface area contributed by atoms with Crippen LogP contribution in [0, 0.1) is 0 Å². The highest BCUT2D eigenvalue weighted by atomic mass is 16.2. The summed E-state index contributed by atoms with van der Waals surface area (Å²) in [6.45, 7) is 12.2. The zero-order chi connectivity index (χ0) is 17.1. The van der Waals surface area contributed by atoms with Gasteiger partial charge >= 0.3 is 0 Å². The smallest absolute Gasteiger partial charge is 0.278 e. The van der Waals surface area contributed by atoms with Crippen molar-refractivity contribution in [3.63, 3.8) is 0 Å². The Bertz CT molecular complexity index is 543. The van der Waals surface area contributed by atoms with Crippen molar-refractivity contribution in [1.29, 1.82) is 0 Å². The van der Waals surface area contributed by atoms with Gasteiger partial charge in [-0.1, -0.05) is 38.1 Å². The van der Waals surface area contributed by atoms with E-state index in [9.17, 15) is 4.79 Å². The normalized spacial score (nSPS) is 25.5. The Morgan fingerprint density at radius 3 is 2.25 bits per heavy atom. The van der Waals surface area contributed by atoms with Gasteiger partial charge in [-0.25, -0.2) is 0 Å². The van der Waals surface area contributed by atoms with Gasteiger partial charge in [-0.2, -0.15) is 0 Å². The minimum atomic E-state index is 0.0949. The summed E-state index contributed by atoms with van der Waals surface area (Å²) >= 11 is 0.